The molecule has 0 aromatic heterocycles. The highest BCUT2D eigenvalue weighted by atomic mass is 16.6. The topological polar surface area (TPSA) is 64.8 Å². The Labute approximate surface area is 132 Å². The van der Waals surface area contributed by atoms with E-state index in [0.717, 1.165) is 23.3 Å². The first-order valence-electron chi connectivity index (χ1n) is 7.66. The zero-order valence-electron chi connectivity index (χ0n) is 14.1. The van der Waals surface area contributed by atoms with Crippen molar-refractivity contribution >= 4 is 6.09 Å². The fourth-order valence-electron chi connectivity index (χ4n) is 2.82. The van der Waals surface area contributed by atoms with Gasteiger partial charge in [0.15, 0.2) is 0 Å². The van der Waals surface area contributed by atoms with Gasteiger partial charge in [-0.1, -0.05) is 6.07 Å². The number of carbonyl (C=O) groups excluding carboxylic acids is 1. The lowest BCUT2D eigenvalue weighted by Crippen LogP contribution is -2.42. The SMILES string of the molecule is COc1cc2c(cc1CN)CCN(C(=O)OC(C)(C)C)C2C. The van der Waals surface area contributed by atoms with Gasteiger partial charge in [0.05, 0.1) is 13.2 Å². The van der Waals surface area contributed by atoms with Gasteiger partial charge in [0.25, 0.3) is 0 Å². The molecule has 0 fully saturated rings. The standard InChI is InChI=1S/C17H26N2O3/c1-11-14-9-15(21-5)13(10-18)8-12(14)6-7-19(11)16(20)22-17(2,3)4/h8-9,11H,6-7,10,18H2,1-5H3. The van der Waals surface area contributed by atoms with Crippen molar-refractivity contribution in [1.82, 2.24) is 4.90 Å². The highest BCUT2D eigenvalue weighted by molar-refractivity contribution is 5.69. The highest BCUT2D eigenvalue weighted by Crippen LogP contribution is 2.35. The molecule has 5 nitrogen and oxygen atoms in total. The minimum absolute atomic E-state index is 0.0423. The fraction of sp³-hybridized carbons (Fsp3) is 0.588. The molecule has 1 aromatic rings. The van der Waals surface area contributed by atoms with Crippen molar-refractivity contribution in [2.45, 2.75) is 52.3 Å². The van der Waals surface area contributed by atoms with Gasteiger partial charge in [-0.3, -0.25) is 0 Å². The molecule has 0 saturated heterocycles. The van der Waals surface area contributed by atoms with E-state index >= 15 is 0 Å². The fourth-order valence-corrected chi connectivity index (χ4v) is 2.82. The second-order valence-corrected chi connectivity index (χ2v) is 6.67. The number of nitrogens with zero attached hydrogens (tertiary/aromatic N) is 1. The summed E-state index contributed by atoms with van der Waals surface area (Å²) < 4.78 is 10.9. The van der Waals surface area contributed by atoms with E-state index in [9.17, 15) is 4.79 Å². The van der Waals surface area contributed by atoms with Gasteiger partial charge in [0.2, 0.25) is 0 Å². The lowest BCUT2D eigenvalue weighted by atomic mass is 9.91. The Balaban J connectivity index is 2.29. The number of amides is 1. The van der Waals surface area contributed by atoms with Gasteiger partial charge in [-0.05, 0) is 51.3 Å². The Morgan fingerprint density at radius 1 is 1.41 bits per heavy atom. The zero-order chi connectivity index (χ0) is 16.5. The first-order chi connectivity index (χ1) is 10.3. The molecule has 1 aromatic carbocycles. The van der Waals surface area contributed by atoms with E-state index in [1.807, 2.05) is 33.8 Å². The van der Waals surface area contributed by atoms with Crippen LogP contribution in [0.5, 0.6) is 5.75 Å². The summed E-state index contributed by atoms with van der Waals surface area (Å²) in [7, 11) is 1.64. The molecule has 1 amide bonds. The average Bonchev–Trinajstić information content (AvgIpc) is 2.44. The van der Waals surface area contributed by atoms with Gasteiger partial charge in [-0.2, -0.15) is 0 Å². The van der Waals surface area contributed by atoms with Gasteiger partial charge in [-0.25, -0.2) is 4.79 Å². The van der Waals surface area contributed by atoms with Crippen molar-refractivity contribution in [3.63, 3.8) is 0 Å². The minimum atomic E-state index is -0.488. The predicted octanol–water partition coefficient (Wildman–Crippen LogP) is 3.01. The van der Waals surface area contributed by atoms with Crippen molar-refractivity contribution in [2.24, 2.45) is 5.73 Å². The number of hydrogen-bond acceptors (Lipinski definition) is 4. The number of nitrogens with two attached hydrogens (primary N) is 1. The van der Waals surface area contributed by atoms with Gasteiger partial charge < -0.3 is 20.1 Å². The molecule has 0 aliphatic carbocycles. The molecule has 122 valence electrons. The van der Waals surface area contributed by atoms with Crippen LogP contribution in [0.15, 0.2) is 12.1 Å². The smallest absolute Gasteiger partial charge is 0.410 e. The lowest BCUT2D eigenvalue weighted by molar-refractivity contribution is 0.0159. The summed E-state index contributed by atoms with van der Waals surface area (Å²) in [6, 6.07) is 4.05. The van der Waals surface area contributed by atoms with Crippen molar-refractivity contribution in [3.05, 3.63) is 28.8 Å². The third kappa shape index (κ3) is 3.35. The molecule has 2 rings (SSSR count). The van der Waals surface area contributed by atoms with Crippen molar-refractivity contribution < 1.29 is 14.3 Å². The lowest BCUT2D eigenvalue weighted by Gasteiger charge is -2.36. The Hall–Kier alpha value is -1.75. The molecule has 0 spiro atoms. The molecule has 2 N–H and O–H groups in total. The molecule has 0 saturated carbocycles. The number of ether oxygens (including phenoxy) is 2. The summed E-state index contributed by atoms with van der Waals surface area (Å²) in [6.45, 7) is 8.75. The first kappa shape index (κ1) is 16.6. The molecule has 1 unspecified atom stereocenters. The molecule has 1 aliphatic rings. The average molecular weight is 306 g/mol. The summed E-state index contributed by atoms with van der Waals surface area (Å²) in [5, 5.41) is 0. The highest BCUT2D eigenvalue weighted by Gasteiger charge is 2.31. The molecule has 1 atom stereocenters. The number of benzene rings is 1. The van der Waals surface area contributed by atoms with Gasteiger partial charge in [0.1, 0.15) is 11.4 Å². The predicted molar refractivity (Wildman–Crippen MR) is 85.9 cm³/mol. The van der Waals surface area contributed by atoms with E-state index in [4.69, 9.17) is 15.2 Å². The Kier molecular flexibility index (Phi) is 4.66. The molecule has 5 heteroatoms. The molecular formula is C17H26N2O3. The van der Waals surface area contributed by atoms with Gasteiger partial charge >= 0.3 is 6.09 Å². The largest absolute Gasteiger partial charge is 0.496 e. The summed E-state index contributed by atoms with van der Waals surface area (Å²) in [6.07, 6.45) is 0.531. The van der Waals surface area contributed by atoms with Crippen LogP contribution in [0.1, 0.15) is 50.4 Å². The second-order valence-electron chi connectivity index (χ2n) is 6.67. The van der Waals surface area contributed by atoms with Crippen LogP contribution in [0.25, 0.3) is 0 Å². The van der Waals surface area contributed by atoms with Crippen molar-refractivity contribution in [3.8, 4) is 5.75 Å². The normalized spacial score (nSPS) is 17.9. The van der Waals surface area contributed by atoms with Crippen LogP contribution in [-0.4, -0.2) is 30.2 Å². The Morgan fingerprint density at radius 2 is 2.09 bits per heavy atom. The molecule has 1 aliphatic heterocycles. The van der Waals surface area contributed by atoms with Crippen LogP contribution in [0.3, 0.4) is 0 Å². The minimum Gasteiger partial charge on any atom is -0.496 e. The van der Waals surface area contributed by atoms with E-state index in [1.54, 1.807) is 12.0 Å². The monoisotopic (exact) mass is 306 g/mol. The Bertz CT molecular complexity index is 564. The van der Waals surface area contributed by atoms with E-state index in [0.29, 0.717) is 13.1 Å². The van der Waals surface area contributed by atoms with E-state index in [2.05, 4.69) is 6.07 Å². The maximum atomic E-state index is 12.4. The first-order valence-corrected chi connectivity index (χ1v) is 7.66. The van der Waals surface area contributed by atoms with Crippen molar-refractivity contribution in [1.29, 1.82) is 0 Å². The van der Waals surface area contributed by atoms with Crippen LogP contribution in [0.4, 0.5) is 4.79 Å². The van der Waals surface area contributed by atoms with E-state index in [1.165, 1.54) is 5.56 Å². The van der Waals surface area contributed by atoms with Crippen LogP contribution in [0, 0.1) is 0 Å². The number of hydrogen-bond donors (Lipinski definition) is 1. The van der Waals surface area contributed by atoms with Crippen molar-refractivity contribution in [2.75, 3.05) is 13.7 Å². The number of fused-ring (bicyclic) bond motifs is 1. The molecule has 22 heavy (non-hydrogen) atoms. The number of methoxy groups -OCH3 is 1. The third-order valence-electron chi connectivity index (χ3n) is 3.93. The van der Waals surface area contributed by atoms with Crippen LogP contribution in [-0.2, 0) is 17.7 Å². The maximum Gasteiger partial charge on any atom is 0.410 e. The summed E-state index contributed by atoms with van der Waals surface area (Å²) >= 11 is 0. The third-order valence-corrected chi connectivity index (χ3v) is 3.93. The van der Waals surface area contributed by atoms with E-state index in [-0.39, 0.29) is 12.1 Å². The molecule has 1 heterocycles. The molecule has 0 bridgehead atoms. The summed E-state index contributed by atoms with van der Waals surface area (Å²) in [4.78, 5) is 14.1. The summed E-state index contributed by atoms with van der Waals surface area (Å²) in [5.41, 5.74) is 8.62. The van der Waals surface area contributed by atoms with Gasteiger partial charge in [-0.15, -0.1) is 0 Å². The zero-order valence-corrected chi connectivity index (χ0v) is 14.1. The van der Waals surface area contributed by atoms with Crippen LogP contribution >= 0.6 is 0 Å². The number of rotatable bonds is 2. The summed E-state index contributed by atoms with van der Waals surface area (Å²) in [5.74, 6) is 0.777. The quantitative estimate of drug-likeness (QED) is 0.912. The molecule has 0 radical (unpaired) electrons. The second kappa shape index (κ2) is 6.16. The van der Waals surface area contributed by atoms with Crippen LogP contribution in [0.2, 0.25) is 0 Å². The van der Waals surface area contributed by atoms with E-state index < -0.39 is 5.60 Å². The Morgan fingerprint density at radius 3 is 2.64 bits per heavy atom. The van der Waals surface area contributed by atoms with Crippen LogP contribution < -0.4 is 10.5 Å². The number of carbonyl (C=O) groups is 1. The van der Waals surface area contributed by atoms with Gasteiger partial charge in [0, 0.05) is 18.7 Å². The molecular weight excluding hydrogens is 280 g/mol. The maximum absolute atomic E-state index is 12.4.